The molecule has 5 fully saturated rings. The number of aromatic nitrogens is 4. The van der Waals surface area contributed by atoms with Crippen LogP contribution in [0.2, 0.25) is 0 Å². The predicted molar refractivity (Wildman–Crippen MR) is 134 cm³/mol. The fraction of sp³-hybridized carbons (Fsp3) is 0.571. The Hall–Kier alpha value is -2.96. The van der Waals surface area contributed by atoms with E-state index in [-0.39, 0.29) is 10.8 Å². The van der Waals surface area contributed by atoms with Gasteiger partial charge in [0.05, 0.1) is 5.41 Å². The van der Waals surface area contributed by atoms with Gasteiger partial charge in [-0.25, -0.2) is 4.98 Å². The number of hydrogen-bond acceptors (Lipinski definition) is 5. The van der Waals surface area contributed by atoms with E-state index in [9.17, 15) is 4.79 Å². The second kappa shape index (κ2) is 7.52. The summed E-state index contributed by atoms with van der Waals surface area (Å²) in [6.07, 6.45) is 8.65. The number of rotatable bonds is 3. The molecule has 5 aliphatic rings. The maximum Gasteiger partial charge on any atom is 0.254 e. The summed E-state index contributed by atoms with van der Waals surface area (Å²) in [4.78, 5) is 27.5. The minimum absolute atomic E-state index is 0.163. The molecule has 7 heteroatoms. The van der Waals surface area contributed by atoms with Crippen molar-refractivity contribution in [2.45, 2.75) is 57.8 Å². The Morgan fingerprint density at radius 2 is 1.69 bits per heavy atom. The zero-order chi connectivity index (χ0) is 23.8. The van der Waals surface area contributed by atoms with Crippen molar-refractivity contribution in [1.82, 2.24) is 24.5 Å². The van der Waals surface area contributed by atoms with E-state index >= 15 is 0 Å². The Bertz CT molecular complexity index is 1270. The van der Waals surface area contributed by atoms with E-state index in [2.05, 4.69) is 62.1 Å². The maximum atomic E-state index is 14.2. The van der Waals surface area contributed by atoms with Crippen LogP contribution in [0.3, 0.4) is 0 Å². The number of aryl methyl sites for hydroxylation is 2. The summed E-state index contributed by atoms with van der Waals surface area (Å²) in [7, 11) is 0. The van der Waals surface area contributed by atoms with Crippen LogP contribution in [-0.4, -0.2) is 56.6 Å². The summed E-state index contributed by atoms with van der Waals surface area (Å²) in [5.41, 5.74) is 3.76. The van der Waals surface area contributed by atoms with Gasteiger partial charge in [0, 0.05) is 37.9 Å². The Morgan fingerprint density at radius 1 is 0.971 bits per heavy atom. The van der Waals surface area contributed by atoms with Crippen LogP contribution < -0.4 is 4.90 Å². The molecule has 0 spiro atoms. The first-order valence-corrected chi connectivity index (χ1v) is 13.2. The van der Waals surface area contributed by atoms with E-state index in [4.69, 9.17) is 0 Å². The lowest BCUT2D eigenvalue weighted by Crippen LogP contribution is -2.61. The molecule has 4 bridgehead atoms. The van der Waals surface area contributed by atoms with Gasteiger partial charge in [-0.3, -0.25) is 4.79 Å². The molecule has 1 aromatic carbocycles. The number of amides is 1. The van der Waals surface area contributed by atoms with Crippen molar-refractivity contribution in [3.05, 3.63) is 53.5 Å². The quantitative estimate of drug-likeness (QED) is 0.580. The maximum absolute atomic E-state index is 14.2. The molecule has 3 aromatic rings. The van der Waals surface area contributed by atoms with Crippen molar-refractivity contribution < 1.29 is 4.79 Å². The molecule has 35 heavy (non-hydrogen) atoms. The highest BCUT2D eigenvalue weighted by Crippen LogP contribution is 2.66. The third-order valence-corrected chi connectivity index (χ3v) is 9.43. The van der Waals surface area contributed by atoms with E-state index < -0.39 is 0 Å². The van der Waals surface area contributed by atoms with Crippen molar-refractivity contribution in [3.63, 3.8) is 0 Å². The first-order chi connectivity index (χ1) is 16.9. The van der Waals surface area contributed by atoms with Gasteiger partial charge in [0.15, 0.2) is 0 Å². The molecule has 0 radical (unpaired) electrons. The number of hydrogen-bond donors (Lipinski definition) is 0. The second-order valence-electron chi connectivity index (χ2n) is 11.9. The highest BCUT2D eigenvalue weighted by Gasteiger charge is 2.61. The van der Waals surface area contributed by atoms with Crippen LogP contribution in [0.25, 0.3) is 5.78 Å². The van der Waals surface area contributed by atoms with E-state index in [0.29, 0.717) is 23.5 Å². The van der Waals surface area contributed by atoms with Gasteiger partial charge in [-0.15, -0.1) is 0 Å². The van der Waals surface area contributed by atoms with Gasteiger partial charge in [0.25, 0.3) is 5.78 Å². The molecule has 1 saturated heterocycles. The SMILES string of the molecule is Cc1ccc(C23CC4CC(CC(C(=O)N5CCN(c6cc(C)nc7ncnn67)CC5)(C4)C2)C3)cc1. The standard InChI is InChI=1S/C28H34N6O/c1-19-3-5-23(6-4-19)27-13-21-12-22(14-27)16-28(15-21,17-27)25(35)33-9-7-32(8-10-33)24-11-20(2)31-26-29-18-30-34(24)26/h3-6,11,18,21-22H,7-10,12-17H2,1-2H3. The van der Waals surface area contributed by atoms with Crippen LogP contribution in [0, 0.1) is 31.1 Å². The Kier molecular flexibility index (Phi) is 4.58. The van der Waals surface area contributed by atoms with E-state index in [1.54, 1.807) is 6.33 Å². The fourth-order valence-corrected chi connectivity index (χ4v) is 8.37. The predicted octanol–water partition coefficient (Wildman–Crippen LogP) is 3.93. The normalized spacial score (nSPS) is 31.9. The van der Waals surface area contributed by atoms with Crippen LogP contribution >= 0.6 is 0 Å². The summed E-state index contributed by atoms with van der Waals surface area (Å²) in [5.74, 6) is 3.48. The second-order valence-corrected chi connectivity index (χ2v) is 11.9. The van der Waals surface area contributed by atoms with Gasteiger partial charge in [-0.1, -0.05) is 29.8 Å². The molecule has 4 saturated carbocycles. The van der Waals surface area contributed by atoms with E-state index in [1.165, 1.54) is 30.4 Å². The summed E-state index contributed by atoms with van der Waals surface area (Å²) in [5, 5.41) is 4.38. The van der Waals surface area contributed by atoms with Crippen LogP contribution in [0.5, 0.6) is 0 Å². The molecule has 1 aliphatic heterocycles. The van der Waals surface area contributed by atoms with E-state index in [1.807, 2.05) is 11.4 Å². The molecular formula is C28H34N6O. The Labute approximate surface area is 206 Å². The van der Waals surface area contributed by atoms with Gasteiger partial charge < -0.3 is 9.80 Å². The lowest BCUT2D eigenvalue weighted by molar-refractivity contribution is -0.160. The van der Waals surface area contributed by atoms with Gasteiger partial charge in [0.2, 0.25) is 5.91 Å². The summed E-state index contributed by atoms with van der Waals surface area (Å²) in [6, 6.07) is 11.3. The number of carbonyl (C=O) groups is 1. The molecule has 2 unspecified atom stereocenters. The molecule has 2 aromatic heterocycles. The summed E-state index contributed by atoms with van der Waals surface area (Å²) >= 11 is 0. The van der Waals surface area contributed by atoms with Crippen LogP contribution in [0.1, 0.15) is 55.3 Å². The minimum atomic E-state index is -0.163. The zero-order valence-electron chi connectivity index (χ0n) is 20.8. The molecule has 182 valence electrons. The number of anilines is 1. The third kappa shape index (κ3) is 3.30. The zero-order valence-corrected chi connectivity index (χ0v) is 20.8. The smallest absolute Gasteiger partial charge is 0.254 e. The van der Waals surface area contributed by atoms with Crippen molar-refractivity contribution in [2.75, 3.05) is 31.1 Å². The highest BCUT2D eigenvalue weighted by molar-refractivity contribution is 5.84. The van der Waals surface area contributed by atoms with Gasteiger partial charge >= 0.3 is 0 Å². The monoisotopic (exact) mass is 470 g/mol. The van der Waals surface area contributed by atoms with Gasteiger partial charge in [0.1, 0.15) is 12.1 Å². The average molecular weight is 471 g/mol. The number of piperazine rings is 1. The Balaban J connectivity index is 1.12. The first-order valence-electron chi connectivity index (χ1n) is 13.2. The van der Waals surface area contributed by atoms with Crippen molar-refractivity contribution in [3.8, 4) is 0 Å². The number of fused-ring (bicyclic) bond motifs is 1. The third-order valence-electron chi connectivity index (χ3n) is 9.43. The fourth-order valence-electron chi connectivity index (χ4n) is 8.37. The molecular weight excluding hydrogens is 436 g/mol. The summed E-state index contributed by atoms with van der Waals surface area (Å²) in [6.45, 7) is 7.33. The minimum Gasteiger partial charge on any atom is -0.353 e. The van der Waals surface area contributed by atoms with Gasteiger partial charge in [-0.2, -0.15) is 14.6 Å². The number of carbonyl (C=O) groups excluding carboxylic acids is 1. The average Bonchev–Trinajstić information content (AvgIpc) is 3.31. The summed E-state index contributed by atoms with van der Waals surface area (Å²) < 4.78 is 1.81. The van der Waals surface area contributed by atoms with Gasteiger partial charge in [-0.05, 0) is 75.2 Å². The Morgan fingerprint density at radius 3 is 2.40 bits per heavy atom. The van der Waals surface area contributed by atoms with Crippen molar-refractivity contribution >= 4 is 17.5 Å². The van der Waals surface area contributed by atoms with Crippen LogP contribution in [0.4, 0.5) is 5.82 Å². The number of nitrogens with zero attached hydrogens (tertiary/aromatic N) is 6. The van der Waals surface area contributed by atoms with Crippen molar-refractivity contribution in [1.29, 1.82) is 0 Å². The molecule has 3 heterocycles. The molecule has 2 atom stereocenters. The highest BCUT2D eigenvalue weighted by atomic mass is 16.2. The topological polar surface area (TPSA) is 66.6 Å². The molecule has 8 rings (SSSR count). The lowest BCUT2D eigenvalue weighted by Gasteiger charge is -2.62. The van der Waals surface area contributed by atoms with Crippen LogP contribution in [0.15, 0.2) is 36.7 Å². The lowest BCUT2D eigenvalue weighted by atomic mass is 9.42. The largest absolute Gasteiger partial charge is 0.353 e. The van der Waals surface area contributed by atoms with E-state index in [0.717, 1.165) is 57.0 Å². The number of benzene rings is 1. The molecule has 1 amide bonds. The molecule has 7 nitrogen and oxygen atoms in total. The molecule has 4 aliphatic carbocycles. The van der Waals surface area contributed by atoms with Crippen molar-refractivity contribution in [2.24, 2.45) is 17.3 Å². The van der Waals surface area contributed by atoms with Crippen LogP contribution in [-0.2, 0) is 10.2 Å². The first kappa shape index (κ1) is 21.3. The molecule has 0 N–H and O–H groups in total.